The Hall–Kier alpha value is -3.41. The van der Waals surface area contributed by atoms with E-state index in [4.69, 9.17) is 0 Å². The van der Waals surface area contributed by atoms with Crippen molar-refractivity contribution in [3.05, 3.63) is 29.8 Å². The van der Waals surface area contributed by atoms with E-state index in [0.29, 0.717) is 24.4 Å². The zero-order valence-corrected chi connectivity index (χ0v) is 24.6. The van der Waals surface area contributed by atoms with Gasteiger partial charge in [-0.3, -0.25) is 19.2 Å². The van der Waals surface area contributed by atoms with Crippen LogP contribution < -0.4 is 10.6 Å². The van der Waals surface area contributed by atoms with Gasteiger partial charge < -0.3 is 20.4 Å². The van der Waals surface area contributed by atoms with Gasteiger partial charge in [-0.1, -0.05) is 72.1 Å². The fraction of sp³-hybridized carbons (Fsp3) is 0.645. The van der Waals surface area contributed by atoms with E-state index in [0.717, 1.165) is 24.8 Å². The van der Waals surface area contributed by atoms with Crippen molar-refractivity contribution in [1.29, 1.82) is 5.26 Å². The van der Waals surface area contributed by atoms with Crippen molar-refractivity contribution in [2.45, 2.75) is 96.7 Å². The molecule has 1 unspecified atom stereocenters. The number of nitrogens with zero attached hydrogens (tertiary/aromatic N) is 3. The molecule has 2 heterocycles. The van der Waals surface area contributed by atoms with Crippen LogP contribution >= 0.6 is 0 Å². The van der Waals surface area contributed by atoms with E-state index in [1.807, 2.05) is 58.9 Å². The second kappa shape index (κ2) is 11.2. The first-order valence-electron chi connectivity index (χ1n) is 14.5. The minimum Gasteiger partial charge on any atom is -0.344 e. The molecule has 4 rings (SSSR count). The molecule has 1 aromatic rings. The van der Waals surface area contributed by atoms with Crippen molar-refractivity contribution < 1.29 is 19.2 Å². The third-order valence-corrected chi connectivity index (χ3v) is 8.79. The van der Waals surface area contributed by atoms with Gasteiger partial charge in [-0.15, -0.1) is 0 Å². The highest BCUT2D eigenvalue weighted by molar-refractivity contribution is 6.07. The lowest BCUT2D eigenvalue weighted by molar-refractivity contribution is -0.148. The summed E-state index contributed by atoms with van der Waals surface area (Å²) in [5, 5.41) is 16.0. The van der Waals surface area contributed by atoms with Gasteiger partial charge in [0.1, 0.15) is 18.1 Å². The van der Waals surface area contributed by atoms with Gasteiger partial charge in [0, 0.05) is 31.1 Å². The molecule has 0 aromatic heterocycles. The van der Waals surface area contributed by atoms with Crippen LogP contribution in [0.25, 0.3) is 0 Å². The van der Waals surface area contributed by atoms with Gasteiger partial charge >= 0.3 is 0 Å². The molecule has 0 radical (unpaired) electrons. The smallest absolute Gasteiger partial charge is 0.246 e. The van der Waals surface area contributed by atoms with Crippen molar-refractivity contribution in [2.24, 2.45) is 17.3 Å². The molecule has 9 nitrogen and oxygen atoms in total. The van der Waals surface area contributed by atoms with Crippen LogP contribution in [0.2, 0.25) is 0 Å². The van der Waals surface area contributed by atoms with Crippen molar-refractivity contribution in [1.82, 2.24) is 15.1 Å². The lowest BCUT2D eigenvalue weighted by atomic mass is 9.80. The SMILES string of the molecule is CC(C)C[C@@H](C(=O)N1C[C@]2(C[C@H]1C#N)C(=O)Nc1ccccc12)N(C)C(=O)C(CC1CCC1)NC(=O)C(C)(C)C. The summed E-state index contributed by atoms with van der Waals surface area (Å²) in [6.45, 7) is 9.48. The van der Waals surface area contributed by atoms with E-state index < -0.39 is 29.0 Å². The normalized spacial score (nSPS) is 23.7. The summed E-state index contributed by atoms with van der Waals surface area (Å²) in [6.07, 6.45) is 4.31. The Morgan fingerprint density at radius 2 is 1.90 bits per heavy atom. The van der Waals surface area contributed by atoms with Crippen LogP contribution in [0.1, 0.15) is 78.7 Å². The molecular weight excluding hydrogens is 506 g/mol. The molecule has 0 bridgehead atoms. The van der Waals surface area contributed by atoms with Gasteiger partial charge in [0.25, 0.3) is 0 Å². The number of hydrogen-bond acceptors (Lipinski definition) is 5. The number of fused-ring (bicyclic) bond motifs is 2. The molecule has 4 amide bonds. The third-order valence-electron chi connectivity index (χ3n) is 8.79. The minimum atomic E-state index is -0.995. The molecule has 2 aliphatic heterocycles. The lowest BCUT2D eigenvalue weighted by Crippen LogP contribution is -2.57. The number of nitrogens with one attached hydrogen (secondary N) is 2. The van der Waals surface area contributed by atoms with Crippen molar-refractivity contribution in [3.63, 3.8) is 0 Å². The summed E-state index contributed by atoms with van der Waals surface area (Å²) in [6, 6.07) is 7.30. The van der Waals surface area contributed by atoms with Crippen LogP contribution in [0, 0.1) is 28.6 Å². The van der Waals surface area contributed by atoms with Crippen LogP contribution in [0.15, 0.2) is 24.3 Å². The minimum absolute atomic E-state index is 0.0792. The molecule has 3 aliphatic rings. The molecule has 1 saturated carbocycles. The third kappa shape index (κ3) is 5.59. The number of carbonyl (C=O) groups excluding carboxylic acids is 4. The number of anilines is 1. The van der Waals surface area contributed by atoms with Crippen molar-refractivity contribution in [2.75, 3.05) is 18.9 Å². The molecule has 1 saturated heterocycles. The zero-order valence-electron chi connectivity index (χ0n) is 24.6. The number of benzene rings is 1. The number of amides is 4. The first-order chi connectivity index (χ1) is 18.8. The second-order valence-corrected chi connectivity index (χ2v) is 13.3. The Morgan fingerprint density at radius 3 is 2.48 bits per heavy atom. The molecular formula is C31H43N5O4. The molecule has 4 atom stereocenters. The van der Waals surface area contributed by atoms with Crippen LogP contribution in [0.4, 0.5) is 5.69 Å². The number of nitriles is 1. The van der Waals surface area contributed by atoms with E-state index >= 15 is 0 Å². The van der Waals surface area contributed by atoms with Gasteiger partial charge in [0.2, 0.25) is 23.6 Å². The number of para-hydroxylation sites is 1. The van der Waals surface area contributed by atoms with E-state index in [-0.39, 0.29) is 42.5 Å². The number of hydrogen-bond donors (Lipinski definition) is 2. The maximum absolute atomic E-state index is 14.2. The summed E-state index contributed by atoms with van der Waals surface area (Å²) in [7, 11) is 1.62. The first-order valence-corrected chi connectivity index (χ1v) is 14.5. The van der Waals surface area contributed by atoms with Gasteiger partial charge in [-0.2, -0.15) is 5.26 Å². The molecule has 2 fully saturated rings. The summed E-state index contributed by atoms with van der Waals surface area (Å²) in [5.41, 5.74) is -0.152. The number of likely N-dealkylation sites (N-methyl/N-ethyl adjacent to an activating group) is 1. The first kappa shape index (κ1) is 29.6. The van der Waals surface area contributed by atoms with E-state index in [1.54, 1.807) is 7.05 Å². The fourth-order valence-corrected chi connectivity index (χ4v) is 6.11. The lowest BCUT2D eigenvalue weighted by Gasteiger charge is -2.37. The number of carbonyl (C=O) groups is 4. The zero-order chi connectivity index (χ0) is 29.4. The molecule has 1 aliphatic carbocycles. The Kier molecular flexibility index (Phi) is 8.30. The number of rotatable bonds is 8. The average Bonchev–Trinajstić information content (AvgIpc) is 3.40. The largest absolute Gasteiger partial charge is 0.344 e. The highest BCUT2D eigenvalue weighted by atomic mass is 16.2. The van der Waals surface area contributed by atoms with Crippen LogP contribution in [-0.4, -0.2) is 65.1 Å². The van der Waals surface area contributed by atoms with Crippen molar-refractivity contribution >= 4 is 29.3 Å². The van der Waals surface area contributed by atoms with E-state index in [9.17, 15) is 24.4 Å². The maximum Gasteiger partial charge on any atom is 0.246 e. The second-order valence-electron chi connectivity index (χ2n) is 13.3. The fourth-order valence-electron chi connectivity index (χ4n) is 6.11. The van der Waals surface area contributed by atoms with Gasteiger partial charge in [0.05, 0.1) is 11.5 Å². The molecule has 216 valence electrons. The Labute approximate surface area is 237 Å². The molecule has 1 aromatic carbocycles. The summed E-state index contributed by atoms with van der Waals surface area (Å²) in [5.74, 6) is -0.596. The summed E-state index contributed by atoms with van der Waals surface area (Å²) >= 11 is 0. The molecule has 40 heavy (non-hydrogen) atoms. The predicted molar refractivity (Wildman–Crippen MR) is 152 cm³/mol. The Morgan fingerprint density at radius 1 is 1.23 bits per heavy atom. The molecule has 2 N–H and O–H groups in total. The monoisotopic (exact) mass is 549 g/mol. The highest BCUT2D eigenvalue weighted by Gasteiger charge is 2.56. The molecule has 1 spiro atoms. The average molecular weight is 550 g/mol. The van der Waals surface area contributed by atoms with E-state index in [2.05, 4.69) is 16.7 Å². The quantitative estimate of drug-likeness (QED) is 0.513. The Balaban J connectivity index is 1.61. The van der Waals surface area contributed by atoms with E-state index in [1.165, 1.54) is 9.80 Å². The summed E-state index contributed by atoms with van der Waals surface area (Å²) < 4.78 is 0. The van der Waals surface area contributed by atoms with Crippen LogP contribution in [0.5, 0.6) is 0 Å². The maximum atomic E-state index is 14.2. The van der Waals surface area contributed by atoms with Gasteiger partial charge in [0.15, 0.2) is 0 Å². The Bertz CT molecular complexity index is 1210. The molecule has 9 heteroatoms. The van der Waals surface area contributed by atoms with Gasteiger partial charge in [-0.05, 0) is 36.3 Å². The topological polar surface area (TPSA) is 123 Å². The van der Waals surface area contributed by atoms with Crippen LogP contribution in [0.3, 0.4) is 0 Å². The summed E-state index contributed by atoms with van der Waals surface area (Å²) in [4.78, 5) is 57.3. The van der Waals surface area contributed by atoms with Crippen LogP contribution in [-0.2, 0) is 24.6 Å². The highest BCUT2D eigenvalue weighted by Crippen LogP contribution is 2.46. The standard InChI is InChI=1S/C31H43N5O4/c1-19(2)14-25(35(6)26(37)24(15-20-10-9-11-20)34-28(39)30(3,4)5)27(38)36-18-31(16-21(36)17-32)22-12-7-8-13-23(22)33-29(31)40/h7-8,12-13,19-21,24-25H,9-11,14-16,18H2,1-6H3,(H,33,40)(H,34,39)/t21-,24?,25-,31-/m0/s1. The predicted octanol–water partition coefficient (Wildman–Crippen LogP) is 3.60. The van der Waals surface area contributed by atoms with Crippen molar-refractivity contribution in [3.8, 4) is 6.07 Å². The number of likely N-dealkylation sites (tertiary alicyclic amines) is 1. The van der Waals surface area contributed by atoms with Gasteiger partial charge in [-0.25, -0.2) is 0 Å².